The van der Waals surface area contributed by atoms with Gasteiger partial charge in [-0.15, -0.1) is 0 Å². The Labute approximate surface area is 165 Å². The number of H-pyrrole nitrogens is 1. The summed E-state index contributed by atoms with van der Waals surface area (Å²) in [5.41, 5.74) is 1.32. The zero-order chi connectivity index (χ0) is 19.7. The number of ether oxygens (including phenoxy) is 1. The SMILES string of the molecule is COCC(=O)N1CC[C@H](Nc2nc(-c3c[nH]c4ncc(Cl)cc34)ncc2F)C1. The van der Waals surface area contributed by atoms with Gasteiger partial charge >= 0.3 is 0 Å². The van der Waals surface area contributed by atoms with Gasteiger partial charge in [0.2, 0.25) is 5.91 Å². The Kier molecular flexibility index (Phi) is 5.10. The van der Waals surface area contributed by atoms with Gasteiger partial charge in [-0.3, -0.25) is 4.79 Å². The fraction of sp³-hybridized carbons (Fsp3) is 0.333. The molecule has 1 aliphatic rings. The number of nitrogens with zero attached hydrogens (tertiary/aromatic N) is 4. The third-order valence-corrected chi connectivity index (χ3v) is 4.84. The smallest absolute Gasteiger partial charge is 0.248 e. The van der Waals surface area contributed by atoms with Crippen LogP contribution >= 0.6 is 11.6 Å². The lowest BCUT2D eigenvalue weighted by atomic mass is 10.2. The van der Waals surface area contributed by atoms with Crippen LogP contribution in [0.1, 0.15) is 6.42 Å². The van der Waals surface area contributed by atoms with Gasteiger partial charge in [0.05, 0.1) is 11.2 Å². The van der Waals surface area contributed by atoms with Gasteiger partial charge in [0, 0.05) is 49.6 Å². The van der Waals surface area contributed by atoms with E-state index in [0.717, 1.165) is 11.6 Å². The number of halogens is 2. The number of fused-ring (bicyclic) bond motifs is 1. The third kappa shape index (κ3) is 3.63. The number of carbonyl (C=O) groups excluding carboxylic acids is 1. The van der Waals surface area contributed by atoms with Gasteiger partial charge in [-0.1, -0.05) is 11.6 Å². The molecule has 0 radical (unpaired) electrons. The molecular weight excluding hydrogens is 387 g/mol. The minimum atomic E-state index is -0.554. The Balaban J connectivity index is 1.56. The van der Waals surface area contributed by atoms with Gasteiger partial charge in [0.1, 0.15) is 12.3 Å². The van der Waals surface area contributed by atoms with Crippen LogP contribution in [0, 0.1) is 5.82 Å². The Morgan fingerprint density at radius 1 is 1.46 bits per heavy atom. The zero-order valence-corrected chi connectivity index (χ0v) is 15.8. The molecule has 1 aliphatic heterocycles. The number of amides is 1. The van der Waals surface area contributed by atoms with Crippen molar-refractivity contribution in [2.75, 3.05) is 32.1 Å². The molecule has 1 fully saturated rings. The molecule has 0 bridgehead atoms. The Morgan fingerprint density at radius 2 is 2.32 bits per heavy atom. The molecule has 4 rings (SSSR count). The Bertz CT molecular complexity index is 1030. The van der Waals surface area contributed by atoms with E-state index in [1.54, 1.807) is 23.4 Å². The number of likely N-dealkylation sites (tertiary alicyclic amines) is 1. The number of rotatable bonds is 5. The van der Waals surface area contributed by atoms with Crippen LogP contribution in [0.2, 0.25) is 5.02 Å². The van der Waals surface area contributed by atoms with E-state index < -0.39 is 5.82 Å². The van der Waals surface area contributed by atoms with E-state index in [9.17, 15) is 9.18 Å². The fourth-order valence-electron chi connectivity index (χ4n) is 3.27. The van der Waals surface area contributed by atoms with Gasteiger partial charge in [0.15, 0.2) is 17.5 Å². The molecule has 4 heterocycles. The van der Waals surface area contributed by atoms with Gasteiger partial charge in [-0.05, 0) is 12.5 Å². The Hall–Kier alpha value is -2.78. The normalized spacial score (nSPS) is 16.7. The number of methoxy groups -OCH3 is 1. The van der Waals surface area contributed by atoms with Crippen LogP contribution in [-0.4, -0.2) is 63.6 Å². The highest BCUT2D eigenvalue weighted by Crippen LogP contribution is 2.28. The topological polar surface area (TPSA) is 96.0 Å². The van der Waals surface area contributed by atoms with E-state index in [-0.39, 0.29) is 24.4 Å². The van der Waals surface area contributed by atoms with Crippen molar-refractivity contribution < 1.29 is 13.9 Å². The maximum atomic E-state index is 14.3. The maximum Gasteiger partial charge on any atom is 0.248 e. The lowest BCUT2D eigenvalue weighted by Crippen LogP contribution is -2.34. The van der Waals surface area contributed by atoms with Crippen molar-refractivity contribution >= 4 is 34.4 Å². The largest absolute Gasteiger partial charge is 0.375 e. The number of aromatic amines is 1. The predicted octanol–water partition coefficient (Wildman–Crippen LogP) is 2.47. The summed E-state index contributed by atoms with van der Waals surface area (Å²) in [7, 11) is 1.48. The van der Waals surface area contributed by atoms with Crippen LogP contribution in [-0.2, 0) is 9.53 Å². The molecule has 10 heteroatoms. The molecule has 0 unspecified atom stereocenters. The van der Waals surface area contributed by atoms with Gasteiger partial charge in [-0.2, -0.15) is 0 Å². The molecule has 3 aromatic rings. The molecule has 28 heavy (non-hydrogen) atoms. The molecule has 0 saturated carbocycles. The molecule has 8 nitrogen and oxygen atoms in total. The highest BCUT2D eigenvalue weighted by Gasteiger charge is 2.27. The summed E-state index contributed by atoms with van der Waals surface area (Å²) < 4.78 is 19.2. The summed E-state index contributed by atoms with van der Waals surface area (Å²) in [6.07, 6.45) is 5.08. The first kappa shape index (κ1) is 18.6. The molecule has 0 aliphatic carbocycles. The first-order valence-corrected chi connectivity index (χ1v) is 9.11. The molecule has 1 amide bonds. The van der Waals surface area contributed by atoms with E-state index >= 15 is 0 Å². The Morgan fingerprint density at radius 3 is 3.14 bits per heavy atom. The highest BCUT2D eigenvalue weighted by atomic mass is 35.5. The van der Waals surface area contributed by atoms with Gasteiger partial charge in [0.25, 0.3) is 0 Å². The highest BCUT2D eigenvalue weighted by molar-refractivity contribution is 6.31. The average Bonchev–Trinajstić information content (AvgIpc) is 3.30. The molecule has 0 spiro atoms. The van der Waals surface area contributed by atoms with Crippen molar-refractivity contribution in [2.45, 2.75) is 12.5 Å². The molecule has 2 N–H and O–H groups in total. The molecular formula is C18H18ClFN6O2. The van der Waals surface area contributed by atoms with E-state index in [2.05, 4.69) is 25.3 Å². The second kappa shape index (κ2) is 7.69. The first-order chi connectivity index (χ1) is 13.5. The number of hydrogen-bond acceptors (Lipinski definition) is 6. The summed E-state index contributed by atoms with van der Waals surface area (Å²) in [5.74, 6) is -0.190. The zero-order valence-electron chi connectivity index (χ0n) is 15.1. The third-order valence-electron chi connectivity index (χ3n) is 4.63. The summed E-state index contributed by atoms with van der Waals surface area (Å²) in [6, 6.07) is 1.66. The van der Waals surface area contributed by atoms with Crippen molar-refractivity contribution in [2.24, 2.45) is 0 Å². The van der Waals surface area contributed by atoms with Crippen molar-refractivity contribution in [3.05, 3.63) is 35.5 Å². The van der Waals surface area contributed by atoms with Crippen molar-refractivity contribution in [3.8, 4) is 11.4 Å². The predicted molar refractivity (Wildman–Crippen MR) is 103 cm³/mol. The number of hydrogen-bond donors (Lipinski definition) is 2. The van der Waals surface area contributed by atoms with Crippen LogP contribution in [0.4, 0.5) is 10.2 Å². The lowest BCUT2D eigenvalue weighted by Gasteiger charge is -2.17. The van der Waals surface area contributed by atoms with E-state index in [1.807, 2.05) is 0 Å². The summed E-state index contributed by atoms with van der Waals surface area (Å²) in [4.78, 5) is 29.3. The molecule has 1 saturated heterocycles. The molecule has 0 aromatic carbocycles. The summed E-state index contributed by atoms with van der Waals surface area (Å²) in [6.45, 7) is 1.09. The minimum absolute atomic E-state index is 0.0376. The van der Waals surface area contributed by atoms with Crippen LogP contribution in [0.5, 0.6) is 0 Å². The number of anilines is 1. The number of pyridine rings is 1. The standard InChI is InChI=1S/C18H18ClFN6O2/c1-28-9-15(27)26-3-2-11(8-26)24-18-14(20)7-23-17(25-18)13-6-22-16-12(13)4-10(19)5-21-16/h4-7,11H,2-3,8-9H2,1H3,(H,21,22)(H,23,24,25)/t11-/m0/s1. The second-order valence-corrected chi connectivity index (χ2v) is 6.98. The van der Waals surface area contributed by atoms with E-state index in [0.29, 0.717) is 41.6 Å². The van der Waals surface area contributed by atoms with Crippen LogP contribution < -0.4 is 5.32 Å². The molecule has 3 aromatic heterocycles. The van der Waals surface area contributed by atoms with Crippen molar-refractivity contribution in [1.29, 1.82) is 0 Å². The van der Waals surface area contributed by atoms with Crippen molar-refractivity contribution in [3.63, 3.8) is 0 Å². The lowest BCUT2D eigenvalue weighted by molar-refractivity contribution is -0.134. The molecule has 146 valence electrons. The minimum Gasteiger partial charge on any atom is -0.375 e. The summed E-state index contributed by atoms with van der Waals surface area (Å²) >= 11 is 6.04. The van der Waals surface area contributed by atoms with Crippen LogP contribution in [0.15, 0.2) is 24.7 Å². The maximum absolute atomic E-state index is 14.3. The van der Waals surface area contributed by atoms with E-state index in [4.69, 9.17) is 16.3 Å². The van der Waals surface area contributed by atoms with Gasteiger partial charge < -0.3 is 19.9 Å². The number of carbonyl (C=O) groups is 1. The van der Waals surface area contributed by atoms with E-state index in [1.165, 1.54) is 7.11 Å². The molecule has 1 atom stereocenters. The number of aromatic nitrogens is 4. The quantitative estimate of drug-likeness (QED) is 0.678. The monoisotopic (exact) mass is 404 g/mol. The van der Waals surface area contributed by atoms with Crippen molar-refractivity contribution in [1.82, 2.24) is 24.8 Å². The fourth-order valence-corrected chi connectivity index (χ4v) is 3.43. The van der Waals surface area contributed by atoms with Crippen LogP contribution in [0.25, 0.3) is 22.4 Å². The van der Waals surface area contributed by atoms with Gasteiger partial charge in [-0.25, -0.2) is 19.3 Å². The second-order valence-electron chi connectivity index (χ2n) is 6.54. The first-order valence-electron chi connectivity index (χ1n) is 8.74. The summed E-state index contributed by atoms with van der Waals surface area (Å²) in [5, 5.41) is 4.32. The average molecular weight is 405 g/mol. The van der Waals surface area contributed by atoms with Crippen LogP contribution in [0.3, 0.4) is 0 Å². The number of nitrogens with one attached hydrogen (secondary N) is 2.